The van der Waals surface area contributed by atoms with Gasteiger partial charge in [-0.15, -0.1) is 0 Å². The van der Waals surface area contributed by atoms with E-state index in [0.29, 0.717) is 12.2 Å². The summed E-state index contributed by atoms with van der Waals surface area (Å²) in [5.41, 5.74) is 2.78. The van der Waals surface area contributed by atoms with Crippen molar-refractivity contribution in [3.63, 3.8) is 0 Å². The number of hydrogen-bond donors (Lipinski definition) is 3. The number of benzene rings is 2. The molecule has 3 N–H and O–H groups in total. The van der Waals surface area contributed by atoms with E-state index in [2.05, 4.69) is 20.3 Å². The molecule has 30 heavy (non-hydrogen) atoms. The molecule has 0 aliphatic carbocycles. The maximum atomic E-state index is 12.8. The van der Waals surface area contributed by atoms with Crippen LogP contribution >= 0.6 is 0 Å². The molecule has 9 heteroatoms. The van der Waals surface area contributed by atoms with Crippen LogP contribution in [0.15, 0.2) is 42.5 Å². The quantitative estimate of drug-likeness (QED) is 0.626. The Labute approximate surface area is 176 Å². The molecule has 8 nitrogen and oxygen atoms in total. The van der Waals surface area contributed by atoms with Crippen LogP contribution in [0.1, 0.15) is 35.7 Å². The second-order valence-electron chi connectivity index (χ2n) is 7.36. The molecule has 0 radical (unpaired) electrons. The van der Waals surface area contributed by atoms with Gasteiger partial charge in [0.2, 0.25) is 15.9 Å². The number of carbonyl (C=O) groups excluding carboxylic acids is 2. The van der Waals surface area contributed by atoms with Gasteiger partial charge in [0.1, 0.15) is 0 Å². The summed E-state index contributed by atoms with van der Waals surface area (Å²) in [6.45, 7) is 3.78. The van der Waals surface area contributed by atoms with Gasteiger partial charge in [-0.25, -0.2) is 8.42 Å². The first-order valence-corrected chi connectivity index (χ1v) is 11.6. The number of nitrogens with zero attached hydrogens (tertiary/aromatic N) is 1. The van der Waals surface area contributed by atoms with Gasteiger partial charge in [0.05, 0.1) is 17.5 Å². The van der Waals surface area contributed by atoms with E-state index in [1.54, 1.807) is 0 Å². The first-order chi connectivity index (χ1) is 14.2. The third-order valence-corrected chi connectivity index (χ3v) is 5.33. The lowest BCUT2D eigenvalue weighted by atomic mass is 10.1. The first kappa shape index (κ1) is 21.6. The molecule has 1 saturated heterocycles. The Morgan fingerprint density at radius 1 is 1.03 bits per heavy atom. The second-order valence-corrected chi connectivity index (χ2v) is 9.11. The fraction of sp³-hybridized carbons (Fsp3) is 0.333. The fourth-order valence-electron chi connectivity index (χ4n) is 3.38. The van der Waals surface area contributed by atoms with Gasteiger partial charge in [-0.2, -0.15) is 0 Å². The molecule has 1 aliphatic heterocycles. The lowest BCUT2D eigenvalue weighted by Crippen LogP contribution is -2.25. The highest BCUT2D eigenvalue weighted by molar-refractivity contribution is 7.92. The number of amides is 2. The molecule has 0 spiro atoms. The number of hydrogen-bond acceptors (Lipinski definition) is 5. The van der Waals surface area contributed by atoms with Gasteiger partial charge in [-0.1, -0.05) is 12.1 Å². The van der Waals surface area contributed by atoms with Gasteiger partial charge in [-0.3, -0.25) is 14.3 Å². The van der Waals surface area contributed by atoms with E-state index in [1.165, 1.54) is 43.7 Å². The summed E-state index contributed by atoms with van der Waals surface area (Å²) >= 11 is 0. The Hall–Kier alpha value is -3.07. The molecule has 0 bridgehead atoms. The molecule has 160 valence electrons. The minimum absolute atomic E-state index is 0.125. The van der Waals surface area contributed by atoms with Crippen LogP contribution in [-0.2, 0) is 21.4 Å². The predicted molar refractivity (Wildman–Crippen MR) is 118 cm³/mol. The number of sulfonamides is 1. The van der Waals surface area contributed by atoms with Crippen LogP contribution in [0.2, 0.25) is 0 Å². The molecule has 1 aliphatic rings. The van der Waals surface area contributed by atoms with Crippen molar-refractivity contribution < 1.29 is 18.0 Å². The Kier molecular flexibility index (Phi) is 6.61. The molecule has 1 fully saturated rings. The lowest BCUT2D eigenvalue weighted by Gasteiger charge is -2.18. The SMILES string of the molecule is CC(=O)Nc1ccc(NS(C)(=O)=O)c(C(=O)NCc2ccc(N3CCCC3)cc2)c1. The molecule has 0 unspecified atom stereocenters. The van der Waals surface area contributed by atoms with Gasteiger partial charge in [0.25, 0.3) is 5.91 Å². The van der Waals surface area contributed by atoms with E-state index in [0.717, 1.165) is 24.9 Å². The minimum Gasteiger partial charge on any atom is -0.372 e. The molecule has 0 atom stereocenters. The number of rotatable bonds is 7. The number of carbonyl (C=O) groups is 2. The van der Waals surface area contributed by atoms with Crippen molar-refractivity contribution in [2.45, 2.75) is 26.3 Å². The number of anilines is 3. The van der Waals surface area contributed by atoms with Crippen molar-refractivity contribution in [1.29, 1.82) is 0 Å². The second kappa shape index (κ2) is 9.17. The van der Waals surface area contributed by atoms with Gasteiger partial charge < -0.3 is 15.5 Å². The Bertz CT molecular complexity index is 1030. The van der Waals surface area contributed by atoms with Crippen molar-refractivity contribution >= 4 is 38.9 Å². The Balaban J connectivity index is 1.73. The molecule has 1 heterocycles. The van der Waals surface area contributed by atoms with Crippen LogP contribution in [0.3, 0.4) is 0 Å². The Morgan fingerprint density at radius 2 is 1.70 bits per heavy atom. The van der Waals surface area contributed by atoms with Crippen LogP contribution in [0.5, 0.6) is 0 Å². The highest BCUT2D eigenvalue weighted by Gasteiger charge is 2.16. The van der Waals surface area contributed by atoms with Crippen molar-refractivity contribution in [2.24, 2.45) is 0 Å². The normalized spacial score (nSPS) is 13.7. The zero-order valence-electron chi connectivity index (χ0n) is 17.1. The standard InChI is InChI=1S/C21H26N4O4S/c1-15(26)23-17-7-10-20(24-30(2,28)29)19(13-17)21(27)22-14-16-5-8-18(9-6-16)25-11-3-4-12-25/h5-10,13,24H,3-4,11-12,14H2,1-2H3,(H,22,27)(H,23,26). The van der Waals surface area contributed by atoms with Crippen LogP contribution in [0.4, 0.5) is 17.1 Å². The smallest absolute Gasteiger partial charge is 0.253 e. The maximum absolute atomic E-state index is 12.8. The van der Waals surface area contributed by atoms with Crippen LogP contribution in [-0.4, -0.2) is 39.6 Å². The van der Waals surface area contributed by atoms with Crippen molar-refractivity contribution in [1.82, 2.24) is 5.32 Å². The average Bonchev–Trinajstić information content (AvgIpc) is 3.21. The zero-order chi connectivity index (χ0) is 21.7. The van der Waals surface area contributed by atoms with E-state index >= 15 is 0 Å². The molecule has 0 saturated carbocycles. The van der Waals surface area contributed by atoms with Crippen molar-refractivity contribution in [2.75, 3.05) is 34.3 Å². The van der Waals surface area contributed by atoms with E-state index in [-0.39, 0.29) is 17.2 Å². The summed E-state index contributed by atoms with van der Waals surface area (Å²) in [7, 11) is -3.57. The van der Waals surface area contributed by atoms with Gasteiger partial charge in [-0.05, 0) is 48.7 Å². The summed E-state index contributed by atoms with van der Waals surface area (Å²) in [6.07, 6.45) is 3.43. The van der Waals surface area contributed by atoms with Crippen molar-refractivity contribution in [3.8, 4) is 0 Å². The van der Waals surface area contributed by atoms with Gasteiger partial charge in [0.15, 0.2) is 0 Å². The molecule has 3 rings (SSSR count). The minimum atomic E-state index is -3.57. The van der Waals surface area contributed by atoms with E-state index in [9.17, 15) is 18.0 Å². The van der Waals surface area contributed by atoms with Crippen LogP contribution in [0.25, 0.3) is 0 Å². The third kappa shape index (κ3) is 5.96. The van der Waals surface area contributed by atoms with E-state index in [1.807, 2.05) is 24.3 Å². The molecular weight excluding hydrogens is 404 g/mol. The molecular formula is C21H26N4O4S. The highest BCUT2D eigenvalue weighted by atomic mass is 32.2. The monoisotopic (exact) mass is 430 g/mol. The summed E-state index contributed by atoms with van der Waals surface area (Å²) < 4.78 is 25.6. The maximum Gasteiger partial charge on any atom is 0.253 e. The fourth-order valence-corrected chi connectivity index (χ4v) is 3.96. The molecule has 2 aromatic carbocycles. The van der Waals surface area contributed by atoms with Crippen LogP contribution < -0.4 is 20.3 Å². The van der Waals surface area contributed by atoms with Gasteiger partial charge >= 0.3 is 0 Å². The summed E-state index contributed by atoms with van der Waals surface area (Å²) in [5.74, 6) is -0.736. The average molecular weight is 431 g/mol. The van der Waals surface area contributed by atoms with E-state index < -0.39 is 15.9 Å². The summed E-state index contributed by atoms with van der Waals surface area (Å²) in [6, 6.07) is 12.5. The summed E-state index contributed by atoms with van der Waals surface area (Å²) in [5, 5.41) is 5.41. The van der Waals surface area contributed by atoms with Gasteiger partial charge in [0, 0.05) is 37.9 Å². The molecule has 2 amide bonds. The first-order valence-electron chi connectivity index (χ1n) is 9.73. The number of nitrogens with one attached hydrogen (secondary N) is 3. The third-order valence-electron chi connectivity index (χ3n) is 4.74. The summed E-state index contributed by atoms with van der Waals surface area (Å²) in [4.78, 5) is 26.4. The zero-order valence-corrected chi connectivity index (χ0v) is 17.9. The largest absolute Gasteiger partial charge is 0.372 e. The Morgan fingerprint density at radius 3 is 2.30 bits per heavy atom. The predicted octanol–water partition coefficient (Wildman–Crippen LogP) is 2.55. The van der Waals surface area contributed by atoms with Crippen LogP contribution in [0, 0.1) is 0 Å². The van der Waals surface area contributed by atoms with E-state index in [4.69, 9.17) is 0 Å². The molecule has 0 aromatic heterocycles. The van der Waals surface area contributed by atoms with Crippen molar-refractivity contribution in [3.05, 3.63) is 53.6 Å². The molecule has 2 aromatic rings. The lowest BCUT2D eigenvalue weighted by molar-refractivity contribution is -0.114. The topological polar surface area (TPSA) is 108 Å². The highest BCUT2D eigenvalue weighted by Crippen LogP contribution is 2.23.